The molecule has 5 nitrogen and oxygen atoms in total. The molecule has 1 aromatic rings. The van der Waals surface area contributed by atoms with Crippen LogP contribution in [-0.4, -0.2) is 66.6 Å². The number of alkyl halides is 3. The van der Waals surface area contributed by atoms with Crippen molar-refractivity contribution in [1.82, 2.24) is 15.1 Å². The molecule has 2 unspecified atom stereocenters. The molecule has 0 saturated carbocycles. The van der Waals surface area contributed by atoms with E-state index < -0.39 is 18.0 Å². The lowest BCUT2D eigenvalue weighted by molar-refractivity contribution is -0.188. The van der Waals surface area contributed by atoms with Crippen molar-refractivity contribution in [2.24, 2.45) is 5.92 Å². The minimum atomic E-state index is -4.18. The molecule has 2 saturated heterocycles. The van der Waals surface area contributed by atoms with Crippen molar-refractivity contribution >= 4 is 35.0 Å². The van der Waals surface area contributed by atoms with E-state index in [1.807, 2.05) is 4.90 Å². The number of carbonyl (C=O) groups excluding carboxylic acids is 2. The van der Waals surface area contributed by atoms with E-state index in [1.54, 1.807) is 4.90 Å². The lowest BCUT2D eigenvalue weighted by Gasteiger charge is -2.37. The molecular weight excluding hydrogens is 430 g/mol. The highest BCUT2D eigenvalue weighted by Crippen LogP contribution is 2.34. The molecule has 0 aliphatic carbocycles. The number of rotatable bonds is 4. The van der Waals surface area contributed by atoms with Crippen LogP contribution in [0.15, 0.2) is 18.2 Å². The fourth-order valence-corrected chi connectivity index (χ4v) is 4.18. The summed E-state index contributed by atoms with van der Waals surface area (Å²) in [5, 5.41) is 3.12. The van der Waals surface area contributed by atoms with Crippen LogP contribution in [0, 0.1) is 5.92 Å². The van der Waals surface area contributed by atoms with E-state index in [9.17, 15) is 22.8 Å². The molecule has 1 N–H and O–H groups in total. The van der Waals surface area contributed by atoms with Gasteiger partial charge in [0.2, 0.25) is 5.91 Å². The second-order valence-corrected chi connectivity index (χ2v) is 8.28. The quantitative estimate of drug-likeness (QED) is 0.760. The van der Waals surface area contributed by atoms with E-state index in [2.05, 4.69) is 5.32 Å². The van der Waals surface area contributed by atoms with Crippen LogP contribution >= 0.6 is 23.2 Å². The van der Waals surface area contributed by atoms with Crippen LogP contribution in [0.2, 0.25) is 10.0 Å². The maximum absolute atomic E-state index is 13.0. The Morgan fingerprint density at radius 1 is 1.10 bits per heavy atom. The predicted molar refractivity (Wildman–Crippen MR) is 104 cm³/mol. The summed E-state index contributed by atoms with van der Waals surface area (Å²) in [7, 11) is 0. The zero-order chi connectivity index (χ0) is 21.2. The molecule has 3 rings (SSSR count). The first-order valence-corrected chi connectivity index (χ1v) is 10.2. The van der Waals surface area contributed by atoms with Gasteiger partial charge in [-0.2, -0.15) is 13.2 Å². The Balaban J connectivity index is 1.49. The first-order chi connectivity index (χ1) is 13.6. The largest absolute Gasteiger partial charge is 0.393 e. The summed E-state index contributed by atoms with van der Waals surface area (Å²) in [5.74, 6) is -2.01. The van der Waals surface area contributed by atoms with Gasteiger partial charge in [-0.15, -0.1) is 0 Å². The lowest BCUT2D eigenvalue weighted by Crippen LogP contribution is -2.48. The SMILES string of the molecule is O=C(NCC(=O)N1CCC(N2CCCC(C(F)(F)F)C2)C1)c1ccc(Cl)c(Cl)c1. The van der Waals surface area contributed by atoms with Crippen LogP contribution in [0.25, 0.3) is 0 Å². The van der Waals surface area contributed by atoms with Gasteiger partial charge in [0.15, 0.2) is 0 Å². The van der Waals surface area contributed by atoms with Gasteiger partial charge < -0.3 is 10.2 Å². The minimum Gasteiger partial charge on any atom is -0.343 e. The average Bonchev–Trinajstić information content (AvgIpc) is 3.18. The van der Waals surface area contributed by atoms with E-state index in [-0.39, 0.29) is 42.0 Å². The van der Waals surface area contributed by atoms with E-state index in [4.69, 9.17) is 23.2 Å². The van der Waals surface area contributed by atoms with Gasteiger partial charge in [0, 0.05) is 31.2 Å². The van der Waals surface area contributed by atoms with E-state index in [0.717, 1.165) is 0 Å². The van der Waals surface area contributed by atoms with Gasteiger partial charge in [-0.1, -0.05) is 23.2 Å². The second-order valence-electron chi connectivity index (χ2n) is 7.47. The predicted octanol–water partition coefficient (Wildman–Crippen LogP) is 3.60. The number of carbonyl (C=O) groups is 2. The molecule has 2 heterocycles. The highest BCUT2D eigenvalue weighted by atomic mass is 35.5. The highest BCUT2D eigenvalue weighted by Gasteiger charge is 2.43. The Kier molecular flexibility index (Phi) is 6.96. The number of halogens is 5. The lowest BCUT2D eigenvalue weighted by atomic mass is 9.96. The van der Waals surface area contributed by atoms with Gasteiger partial charge in [0.1, 0.15) is 0 Å². The molecule has 2 atom stereocenters. The number of nitrogens with zero attached hydrogens (tertiary/aromatic N) is 2. The Morgan fingerprint density at radius 3 is 2.55 bits per heavy atom. The number of piperidine rings is 1. The number of benzene rings is 1. The number of nitrogens with one attached hydrogen (secondary N) is 1. The Bertz CT molecular complexity index is 776. The molecule has 1 aromatic carbocycles. The summed E-state index contributed by atoms with van der Waals surface area (Å²) in [6.07, 6.45) is -2.87. The molecule has 2 fully saturated rings. The molecule has 0 bridgehead atoms. The molecule has 29 heavy (non-hydrogen) atoms. The Labute approximate surface area is 177 Å². The van der Waals surface area contributed by atoms with Gasteiger partial charge in [-0.05, 0) is 44.0 Å². The van der Waals surface area contributed by atoms with Crippen molar-refractivity contribution < 1.29 is 22.8 Å². The highest BCUT2D eigenvalue weighted by molar-refractivity contribution is 6.42. The van der Waals surface area contributed by atoms with Crippen LogP contribution in [0.1, 0.15) is 29.6 Å². The molecule has 0 aromatic heterocycles. The van der Waals surface area contributed by atoms with Crippen LogP contribution in [-0.2, 0) is 4.79 Å². The molecule has 160 valence electrons. The van der Waals surface area contributed by atoms with Gasteiger partial charge in [-0.3, -0.25) is 14.5 Å². The van der Waals surface area contributed by atoms with Gasteiger partial charge in [-0.25, -0.2) is 0 Å². The summed E-state index contributed by atoms with van der Waals surface area (Å²) in [4.78, 5) is 28.0. The summed E-state index contributed by atoms with van der Waals surface area (Å²) >= 11 is 11.7. The number of amides is 2. The minimum absolute atomic E-state index is 0.00966. The summed E-state index contributed by atoms with van der Waals surface area (Å²) in [6.45, 7) is 1.28. The second kappa shape index (κ2) is 9.10. The van der Waals surface area contributed by atoms with Crippen molar-refractivity contribution in [2.45, 2.75) is 31.5 Å². The smallest absolute Gasteiger partial charge is 0.343 e. The van der Waals surface area contributed by atoms with Crippen LogP contribution in [0.3, 0.4) is 0 Å². The topological polar surface area (TPSA) is 52.7 Å². The number of hydrogen-bond acceptors (Lipinski definition) is 3. The first-order valence-electron chi connectivity index (χ1n) is 9.47. The number of hydrogen-bond donors (Lipinski definition) is 1. The molecule has 0 radical (unpaired) electrons. The summed E-state index contributed by atoms with van der Waals surface area (Å²) < 4.78 is 39.1. The zero-order valence-electron chi connectivity index (χ0n) is 15.6. The molecule has 0 spiro atoms. The Hall–Kier alpha value is -1.51. The van der Waals surface area contributed by atoms with Crippen LogP contribution in [0.4, 0.5) is 13.2 Å². The average molecular weight is 452 g/mol. The maximum Gasteiger partial charge on any atom is 0.393 e. The van der Waals surface area contributed by atoms with Gasteiger partial charge in [0.05, 0.1) is 22.5 Å². The zero-order valence-corrected chi connectivity index (χ0v) is 17.2. The fourth-order valence-electron chi connectivity index (χ4n) is 3.88. The molecule has 2 aliphatic heterocycles. The van der Waals surface area contributed by atoms with E-state index in [0.29, 0.717) is 37.5 Å². The monoisotopic (exact) mass is 451 g/mol. The summed E-state index contributed by atoms with van der Waals surface area (Å²) in [6, 6.07) is 4.35. The fraction of sp³-hybridized carbons (Fsp3) is 0.579. The van der Waals surface area contributed by atoms with Gasteiger partial charge in [0.25, 0.3) is 5.91 Å². The third kappa shape index (κ3) is 5.55. The molecule has 2 amide bonds. The number of likely N-dealkylation sites (tertiary alicyclic amines) is 2. The molecule has 10 heteroatoms. The van der Waals surface area contributed by atoms with Crippen LogP contribution < -0.4 is 5.32 Å². The first kappa shape index (κ1) is 22.2. The van der Waals surface area contributed by atoms with Gasteiger partial charge >= 0.3 is 6.18 Å². The third-order valence-corrected chi connectivity index (χ3v) is 6.27. The maximum atomic E-state index is 13.0. The third-order valence-electron chi connectivity index (χ3n) is 5.53. The van der Waals surface area contributed by atoms with Crippen LogP contribution in [0.5, 0.6) is 0 Å². The standard InChI is InChI=1S/C19H22Cl2F3N3O2/c20-15-4-3-12(8-16(15)21)18(29)25-9-17(28)27-7-5-14(11-27)26-6-1-2-13(10-26)19(22,23)24/h3-4,8,13-14H,1-2,5-7,9-11H2,(H,25,29). The van der Waals surface area contributed by atoms with E-state index in [1.165, 1.54) is 18.2 Å². The van der Waals surface area contributed by atoms with E-state index >= 15 is 0 Å². The van der Waals surface area contributed by atoms with Crippen molar-refractivity contribution in [3.8, 4) is 0 Å². The van der Waals surface area contributed by atoms with Crippen molar-refractivity contribution in [3.05, 3.63) is 33.8 Å². The normalized spacial score (nSPS) is 23.3. The summed E-state index contributed by atoms with van der Waals surface area (Å²) in [5.41, 5.74) is 0.290. The molecule has 2 aliphatic rings. The van der Waals surface area contributed by atoms with Crippen molar-refractivity contribution in [3.63, 3.8) is 0 Å². The Morgan fingerprint density at radius 2 is 1.86 bits per heavy atom. The molecular formula is C19H22Cl2F3N3O2. The van der Waals surface area contributed by atoms with Crippen molar-refractivity contribution in [1.29, 1.82) is 0 Å². The van der Waals surface area contributed by atoms with Crippen molar-refractivity contribution in [2.75, 3.05) is 32.7 Å².